The second kappa shape index (κ2) is 8.92. The van der Waals surface area contributed by atoms with Gasteiger partial charge in [0.05, 0.1) is 13.5 Å². The predicted octanol–water partition coefficient (Wildman–Crippen LogP) is 3.21. The van der Waals surface area contributed by atoms with Crippen LogP contribution in [0.1, 0.15) is 22.3 Å². The van der Waals surface area contributed by atoms with Crippen LogP contribution in [0.4, 0.5) is 8.78 Å². The molecule has 0 aliphatic carbocycles. The highest BCUT2D eigenvalue weighted by molar-refractivity contribution is 5.94. The monoisotopic (exact) mass is 347 g/mol. The number of rotatable bonds is 7. The first kappa shape index (κ1) is 18.6. The number of nitrogens with zero attached hydrogens (tertiary/aromatic N) is 1. The van der Waals surface area contributed by atoms with E-state index in [1.807, 2.05) is 0 Å². The summed E-state index contributed by atoms with van der Waals surface area (Å²) in [4.78, 5) is 25.5. The molecule has 4 nitrogen and oxygen atoms in total. The lowest BCUT2D eigenvalue weighted by Crippen LogP contribution is -2.35. The third kappa shape index (κ3) is 5.67. The Labute approximate surface area is 145 Å². The Balaban J connectivity index is 2.08. The molecular weight excluding hydrogens is 328 g/mol. The van der Waals surface area contributed by atoms with Crippen LogP contribution in [0.25, 0.3) is 0 Å². The van der Waals surface area contributed by atoms with E-state index in [0.29, 0.717) is 18.5 Å². The number of esters is 1. The molecule has 0 saturated carbocycles. The Morgan fingerprint density at radius 1 is 0.920 bits per heavy atom. The van der Waals surface area contributed by atoms with Gasteiger partial charge in [-0.1, -0.05) is 12.1 Å². The standard InChI is InChI=1S/C19H19F2NO3/c1-25-18(23)11-13-22(12-10-14-2-6-16(20)7-3-14)19(24)15-4-8-17(21)9-5-15/h2-9H,10-13H2,1H3. The molecule has 0 radical (unpaired) electrons. The molecule has 6 heteroatoms. The molecule has 25 heavy (non-hydrogen) atoms. The molecular formula is C19H19F2NO3. The van der Waals surface area contributed by atoms with Gasteiger partial charge in [0, 0.05) is 18.7 Å². The Kier molecular flexibility index (Phi) is 6.62. The topological polar surface area (TPSA) is 46.6 Å². The molecule has 2 rings (SSSR count). The van der Waals surface area contributed by atoms with E-state index in [1.54, 1.807) is 12.1 Å². The minimum Gasteiger partial charge on any atom is -0.469 e. The average Bonchev–Trinajstić information content (AvgIpc) is 2.63. The van der Waals surface area contributed by atoms with Crippen molar-refractivity contribution in [1.29, 1.82) is 0 Å². The largest absolute Gasteiger partial charge is 0.469 e. The van der Waals surface area contributed by atoms with E-state index in [-0.39, 0.29) is 24.7 Å². The zero-order valence-corrected chi connectivity index (χ0v) is 13.9. The summed E-state index contributed by atoms with van der Waals surface area (Å²) in [6.45, 7) is 0.531. The number of halogens is 2. The summed E-state index contributed by atoms with van der Waals surface area (Å²) in [6, 6.07) is 11.2. The second-order valence-corrected chi connectivity index (χ2v) is 5.50. The van der Waals surface area contributed by atoms with Gasteiger partial charge in [0.1, 0.15) is 11.6 Å². The zero-order valence-electron chi connectivity index (χ0n) is 13.9. The molecule has 0 bridgehead atoms. The van der Waals surface area contributed by atoms with Crippen molar-refractivity contribution >= 4 is 11.9 Å². The molecule has 2 aromatic rings. The van der Waals surface area contributed by atoms with Crippen LogP contribution in [0.2, 0.25) is 0 Å². The Bertz CT molecular complexity index is 714. The van der Waals surface area contributed by atoms with Crippen LogP contribution in [0.3, 0.4) is 0 Å². The van der Waals surface area contributed by atoms with Crippen LogP contribution in [0, 0.1) is 11.6 Å². The Morgan fingerprint density at radius 3 is 2.04 bits per heavy atom. The molecule has 0 fully saturated rings. The van der Waals surface area contributed by atoms with Gasteiger partial charge in [-0.05, 0) is 48.4 Å². The first-order valence-electron chi connectivity index (χ1n) is 7.85. The maximum absolute atomic E-state index is 13.0. The predicted molar refractivity (Wildman–Crippen MR) is 89.0 cm³/mol. The first-order chi connectivity index (χ1) is 12.0. The van der Waals surface area contributed by atoms with Crippen molar-refractivity contribution in [3.63, 3.8) is 0 Å². The molecule has 2 aromatic carbocycles. The van der Waals surface area contributed by atoms with Crippen molar-refractivity contribution in [2.24, 2.45) is 0 Å². The molecule has 0 spiro atoms. The van der Waals surface area contributed by atoms with Gasteiger partial charge in [-0.25, -0.2) is 8.78 Å². The molecule has 0 N–H and O–H groups in total. The summed E-state index contributed by atoms with van der Waals surface area (Å²) in [5, 5.41) is 0. The summed E-state index contributed by atoms with van der Waals surface area (Å²) < 4.78 is 30.6. The smallest absolute Gasteiger partial charge is 0.307 e. The maximum atomic E-state index is 13.0. The van der Waals surface area contributed by atoms with Crippen molar-refractivity contribution in [2.45, 2.75) is 12.8 Å². The van der Waals surface area contributed by atoms with E-state index in [9.17, 15) is 18.4 Å². The first-order valence-corrected chi connectivity index (χ1v) is 7.85. The SMILES string of the molecule is COC(=O)CCN(CCc1ccc(F)cc1)C(=O)c1ccc(F)cc1. The van der Waals surface area contributed by atoms with Crippen molar-refractivity contribution < 1.29 is 23.1 Å². The molecule has 0 atom stereocenters. The highest BCUT2D eigenvalue weighted by Gasteiger charge is 2.17. The van der Waals surface area contributed by atoms with Gasteiger partial charge in [-0.3, -0.25) is 9.59 Å². The number of amides is 1. The van der Waals surface area contributed by atoms with Gasteiger partial charge in [0.2, 0.25) is 0 Å². The summed E-state index contributed by atoms with van der Waals surface area (Å²) >= 11 is 0. The lowest BCUT2D eigenvalue weighted by Gasteiger charge is -2.22. The van der Waals surface area contributed by atoms with E-state index in [1.165, 1.54) is 48.4 Å². The minimum absolute atomic E-state index is 0.0624. The number of ether oxygens (including phenoxy) is 1. The van der Waals surface area contributed by atoms with Gasteiger partial charge in [0.15, 0.2) is 0 Å². The highest BCUT2D eigenvalue weighted by atomic mass is 19.1. The van der Waals surface area contributed by atoms with Crippen LogP contribution in [0.5, 0.6) is 0 Å². The van der Waals surface area contributed by atoms with E-state index in [4.69, 9.17) is 0 Å². The molecule has 0 heterocycles. The van der Waals surface area contributed by atoms with Crippen molar-refractivity contribution in [1.82, 2.24) is 4.90 Å². The number of carbonyl (C=O) groups is 2. The van der Waals surface area contributed by atoms with E-state index < -0.39 is 11.8 Å². The summed E-state index contributed by atoms with van der Waals surface area (Å²) in [7, 11) is 1.28. The van der Waals surface area contributed by atoms with E-state index >= 15 is 0 Å². The number of carbonyl (C=O) groups excluding carboxylic acids is 2. The molecule has 0 unspecified atom stereocenters. The fourth-order valence-electron chi connectivity index (χ4n) is 2.33. The van der Waals surface area contributed by atoms with Crippen LogP contribution in [-0.4, -0.2) is 37.0 Å². The minimum atomic E-state index is -0.427. The summed E-state index contributed by atoms with van der Waals surface area (Å²) in [5.74, 6) is -1.47. The second-order valence-electron chi connectivity index (χ2n) is 5.50. The van der Waals surface area contributed by atoms with Crippen LogP contribution in [0.15, 0.2) is 48.5 Å². The van der Waals surface area contributed by atoms with Crippen molar-refractivity contribution in [2.75, 3.05) is 20.2 Å². The lowest BCUT2D eigenvalue weighted by molar-refractivity contribution is -0.140. The van der Waals surface area contributed by atoms with Gasteiger partial charge < -0.3 is 9.64 Å². The van der Waals surface area contributed by atoms with Crippen LogP contribution < -0.4 is 0 Å². The highest BCUT2D eigenvalue weighted by Crippen LogP contribution is 2.10. The Hall–Kier alpha value is -2.76. The number of hydrogen-bond acceptors (Lipinski definition) is 3. The van der Waals surface area contributed by atoms with Gasteiger partial charge in [0.25, 0.3) is 5.91 Å². The molecule has 0 saturated heterocycles. The third-order valence-corrected chi connectivity index (χ3v) is 3.78. The van der Waals surface area contributed by atoms with Gasteiger partial charge in [-0.15, -0.1) is 0 Å². The van der Waals surface area contributed by atoms with Gasteiger partial charge in [-0.2, -0.15) is 0 Å². The fourth-order valence-corrected chi connectivity index (χ4v) is 2.33. The Morgan fingerprint density at radius 2 is 1.48 bits per heavy atom. The molecule has 1 amide bonds. The quantitative estimate of drug-likeness (QED) is 0.723. The molecule has 0 aliphatic rings. The van der Waals surface area contributed by atoms with E-state index in [0.717, 1.165) is 5.56 Å². The normalized spacial score (nSPS) is 10.4. The van der Waals surface area contributed by atoms with Crippen molar-refractivity contribution in [3.8, 4) is 0 Å². The molecule has 0 aromatic heterocycles. The summed E-state index contributed by atoms with van der Waals surface area (Å²) in [5.41, 5.74) is 1.21. The third-order valence-electron chi connectivity index (χ3n) is 3.78. The van der Waals surface area contributed by atoms with E-state index in [2.05, 4.69) is 4.74 Å². The molecule has 0 aliphatic heterocycles. The lowest BCUT2D eigenvalue weighted by atomic mass is 10.1. The van der Waals surface area contributed by atoms with Crippen LogP contribution in [-0.2, 0) is 16.0 Å². The van der Waals surface area contributed by atoms with Gasteiger partial charge >= 0.3 is 5.97 Å². The maximum Gasteiger partial charge on any atom is 0.307 e. The zero-order chi connectivity index (χ0) is 18.2. The van der Waals surface area contributed by atoms with Crippen molar-refractivity contribution in [3.05, 3.63) is 71.3 Å². The number of methoxy groups -OCH3 is 1. The fraction of sp³-hybridized carbons (Fsp3) is 0.263. The van der Waals surface area contributed by atoms with Crippen LogP contribution >= 0.6 is 0 Å². The molecule has 132 valence electrons. The summed E-state index contributed by atoms with van der Waals surface area (Å²) in [6.07, 6.45) is 0.571. The number of hydrogen-bond donors (Lipinski definition) is 0. The average molecular weight is 347 g/mol. The number of benzene rings is 2.